The highest BCUT2D eigenvalue weighted by atomic mass is 16.5. The number of ether oxygens (including phenoxy) is 2. The van der Waals surface area contributed by atoms with E-state index in [0.29, 0.717) is 30.4 Å². The van der Waals surface area contributed by atoms with Gasteiger partial charge in [-0.1, -0.05) is 65.8 Å². The third kappa shape index (κ3) is 4.32. The van der Waals surface area contributed by atoms with Gasteiger partial charge in [-0.25, -0.2) is 0 Å². The van der Waals surface area contributed by atoms with Crippen LogP contribution in [0.1, 0.15) is 11.1 Å². The molecule has 0 saturated heterocycles. The number of benzene rings is 3. The highest BCUT2D eigenvalue weighted by molar-refractivity contribution is 5.69. The maximum atomic E-state index is 6.08. The summed E-state index contributed by atoms with van der Waals surface area (Å²) in [4.78, 5) is 0. The van der Waals surface area contributed by atoms with E-state index in [4.69, 9.17) is 19.7 Å². The maximum absolute atomic E-state index is 6.08. The van der Waals surface area contributed by atoms with Crippen molar-refractivity contribution in [2.24, 2.45) is 0 Å². The van der Waals surface area contributed by atoms with E-state index in [1.807, 2.05) is 78.9 Å². The fraction of sp³-hybridized carbons (Fsp3) is 0.0870. The van der Waals surface area contributed by atoms with Gasteiger partial charge in [0.15, 0.2) is 0 Å². The number of nitrogens with zero attached hydrogens (tertiary/aromatic N) is 1. The predicted octanol–water partition coefficient (Wildman–Crippen LogP) is 5.08. The van der Waals surface area contributed by atoms with Crippen LogP contribution < -0.4 is 15.2 Å². The first kappa shape index (κ1) is 17.7. The lowest BCUT2D eigenvalue weighted by Crippen LogP contribution is -1.99. The zero-order valence-corrected chi connectivity index (χ0v) is 15.2. The van der Waals surface area contributed by atoms with E-state index in [2.05, 4.69) is 5.16 Å². The lowest BCUT2D eigenvalue weighted by atomic mass is 10.1. The molecule has 0 spiro atoms. The Morgan fingerprint density at radius 3 is 2.00 bits per heavy atom. The molecular weight excluding hydrogens is 352 g/mol. The lowest BCUT2D eigenvalue weighted by Gasteiger charge is -2.13. The molecule has 5 nitrogen and oxygen atoms in total. The molecule has 0 saturated carbocycles. The van der Waals surface area contributed by atoms with E-state index >= 15 is 0 Å². The fourth-order valence-corrected chi connectivity index (χ4v) is 2.82. The number of hydrogen-bond donors (Lipinski definition) is 1. The van der Waals surface area contributed by atoms with Crippen molar-refractivity contribution in [3.05, 3.63) is 96.1 Å². The molecular formula is C23H20N2O3. The minimum absolute atomic E-state index is 0.258. The molecule has 28 heavy (non-hydrogen) atoms. The van der Waals surface area contributed by atoms with Crippen LogP contribution in [0, 0.1) is 0 Å². The van der Waals surface area contributed by atoms with Gasteiger partial charge in [0.2, 0.25) is 5.88 Å². The lowest BCUT2D eigenvalue weighted by molar-refractivity contribution is 0.290. The minimum Gasteiger partial charge on any atom is -0.489 e. The van der Waals surface area contributed by atoms with Gasteiger partial charge in [0.25, 0.3) is 0 Å². The number of hydrogen-bond acceptors (Lipinski definition) is 5. The van der Waals surface area contributed by atoms with Crippen LogP contribution in [0.3, 0.4) is 0 Å². The molecule has 3 aromatic carbocycles. The normalized spacial score (nSPS) is 10.6. The van der Waals surface area contributed by atoms with Gasteiger partial charge in [-0.2, -0.15) is 0 Å². The topological polar surface area (TPSA) is 70.5 Å². The summed E-state index contributed by atoms with van der Waals surface area (Å²) in [6, 6.07) is 27.3. The Bertz CT molecular complexity index is 1030. The Kier molecular flexibility index (Phi) is 5.24. The highest BCUT2D eigenvalue weighted by Gasteiger charge is 2.13. The van der Waals surface area contributed by atoms with Crippen LogP contribution >= 0.6 is 0 Å². The van der Waals surface area contributed by atoms with Crippen molar-refractivity contribution in [2.75, 3.05) is 5.73 Å². The Hall–Kier alpha value is -3.73. The van der Waals surface area contributed by atoms with Crippen molar-refractivity contribution in [1.29, 1.82) is 0 Å². The summed E-state index contributed by atoms with van der Waals surface area (Å²) in [7, 11) is 0. The van der Waals surface area contributed by atoms with Crippen LogP contribution in [-0.2, 0) is 13.2 Å². The second-order valence-electron chi connectivity index (χ2n) is 6.32. The number of nitrogen functional groups attached to an aromatic ring is 1. The summed E-state index contributed by atoms with van der Waals surface area (Å²) < 4.78 is 17.0. The molecule has 0 unspecified atom stereocenters. The Morgan fingerprint density at radius 1 is 0.750 bits per heavy atom. The molecule has 0 atom stereocenters. The smallest absolute Gasteiger partial charge is 0.222 e. The molecule has 4 rings (SSSR count). The van der Waals surface area contributed by atoms with Crippen molar-refractivity contribution in [2.45, 2.75) is 13.2 Å². The average Bonchev–Trinajstić information content (AvgIpc) is 3.18. The zero-order valence-electron chi connectivity index (χ0n) is 15.2. The van der Waals surface area contributed by atoms with Gasteiger partial charge in [0.05, 0.1) is 0 Å². The molecule has 0 aliphatic carbocycles. The second-order valence-corrected chi connectivity index (χ2v) is 6.32. The first-order chi connectivity index (χ1) is 13.8. The Morgan fingerprint density at radius 2 is 1.39 bits per heavy atom. The number of aromatic nitrogens is 1. The van der Waals surface area contributed by atoms with Crippen molar-refractivity contribution < 1.29 is 14.0 Å². The van der Waals surface area contributed by atoms with E-state index in [0.717, 1.165) is 16.7 Å². The van der Waals surface area contributed by atoms with Crippen LogP contribution in [0.15, 0.2) is 89.5 Å². The van der Waals surface area contributed by atoms with Gasteiger partial charge in [0.1, 0.15) is 30.4 Å². The third-order valence-corrected chi connectivity index (χ3v) is 4.24. The molecule has 0 aliphatic rings. The average molecular weight is 372 g/mol. The summed E-state index contributed by atoms with van der Waals surface area (Å²) in [6.07, 6.45) is 0. The fourth-order valence-electron chi connectivity index (χ4n) is 2.82. The number of rotatable bonds is 7. The molecule has 1 heterocycles. The van der Waals surface area contributed by atoms with E-state index in [-0.39, 0.29) is 5.88 Å². The summed E-state index contributed by atoms with van der Waals surface area (Å²) >= 11 is 0. The van der Waals surface area contributed by atoms with E-state index in [9.17, 15) is 0 Å². The van der Waals surface area contributed by atoms with E-state index in [1.54, 1.807) is 6.07 Å². The molecule has 0 radical (unpaired) electrons. The molecule has 4 aromatic rings. The van der Waals surface area contributed by atoms with Crippen molar-refractivity contribution in [3.8, 4) is 22.8 Å². The molecule has 1 aromatic heterocycles. The van der Waals surface area contributed by atoms with Gasteiger partial charge < -0.3 is 19.7 Å². The minimum atomic E-state index is 0.258. The highest BCUT2D eigenvalue weighted by Crippen LogP contribution is 2.34. The van der Waals surface area contributed by atoms with Crippen molar-refractivity contribution in [1.82, 2.24) is 5.16 Å². The number of anilines is 1. The van der Waals surface area contributed by atoms with Crippen molar-refractivity contribution >= 4 is 5.88 Å². The first-order valence-corrected chi connectivity index (χ1v) is 8.98. The molecule has 0 aliphatic heterocycles. The SMILES string of the molecule is Nc1cc(-c2ccc(OCc3ccccc3)cc2OCc2ccccc2)no1. The molecule has 0 amide bonds. The monoisotopic (exact) mass is 372 g/mol. The van der Waals surface area contributed by atoms with E-state index < -0.39 is 0 Å². The van der Waals surface area contributed by atoms with Gasteiger partial charge in [-0.05, 0) is 23.3 Å². The van der Waals surface area contributed by atoms with Crippen LogP contribution in [0.4, 0.5) is 5.88 Å². The van der Waals surface area contributed by atoms with Gasteiger partial charge >= 0.3 is 0 Å². The van der Waals surface area contributed by atoms with Gasteiger partial charge in [-0.3, -0.25) is 0 Å². The van der Waals surface area contributed by atoms with Gasteiger partial charge in [0, 0.05) is 17.7 Å². The van der Waals surface area contributed by atoms with Crippen molar-refractivity contribution in [3.63, 3.8) is 0 Å². The zero-order chi connectivity index (χ0) is 19.2. The quantitative estimate of drug-likeness (QED) is 0.490. The Balaban J connectivity index is 1.57. The summed E-state index contributed by atoms with van der Waals surface area (Å²) in [5.41, 5.74) is 9.27. The van der Waals surface area contributed by atoms with Crippen LogP contribution in [-0.4, -0.2) is 5.16 Å². The molecule has 0 bridgehead atoms. The van der Waals surface area contributed by atoms with Gasteiger partial charge in [-0.15, -0.1) is 0 Å². The second kappa shape index (κ2) is 8.31. The molecule has 0 fully saturated rings. The first-order valence-electron chi connectivity index (χ1n) is 8.98. The van der Waals surface area contributed by atoms with E-state index in [1.165, 1.54) is 0 Å². The summed E-state index contributed by atoms with van der Waals surface area (Å²) in [5, 5.41) is 4.00. The van der Waals surface area contributed by atoms with Crippen LogP contribution in [0.5, 0.6) is 11.5 Å². The Labute approximate surface area is 163 Å². The standard InChI is InChI=1S/C23H20N2O3/c24-23-14-21(25-28-23)20-12-11-19(26-15-17-7-3-1-4-8-17)13-22(20)27-16-18-9-5-2-6-10-18/h1-14H,15-16,24H2. The number of nitrogens with two attached hydrogens (primary N) is 1. The molecule has 140 valence electrons. The summed E-state index contributed by atoms with van der Waals surface area (Å²) in [6.45, 7) is 0.915. The third-order valence-electron chi connectivity index (χ3n) is 4.24. The maximum Gasteiger partial charge on any atom is 0.222 e. The molecule has 2 N–H and O–H groups in total. The van der Waals surface area contributed by atoms with Crippen LogP contribution in [0.25, 0.3) is 11.3 Å². The predicted molar refractivity (Wildman–Crippen MR) is 108 cm³/mol. The molecule has 5 heteroatoms. The van der Waals surface area contributed by atoms with Crippen LogP contribution in [0.2, 0.25) is 0 Å². The summed E-state index contributed by atoms with van der Waals surface area (Å²) in [5.74, 6) is 1.63. The largest absolute Gasteiger partial charge is 0.489 e.